The Hall–Kier alpha value is -1.10. The highest BCUT2D eigenvalue weighted by Gasteiger charge is 2.20. The van der Waals surface area contributed by atoms with Crippen molar-refractivity contribution in [2.24, 2.45) is 5.92 Å². The highest BCUT2D eigenvalue weighted by molar-refractivity contribution is 5.73. The minimum absolute atomic E-state index is 0.00519. The maximum absolute atomic E-state index is 11.4. The van der Waals surface area contributed by atoms with E-state index in [1.165, 1.54) is 26.2 Å². The van der Waals surface area contributed by atoms with Gasteiger partial charge in [0.15, 0.2) is 0 Å². The van der Waals surface area contributed by atoms with Crippen molar-refractivity contribution in [1.82, 2.24) is 0 Å². The number of carbonyl (C=O) groups is 2. The summed E-state index contributed by atoms with van der Waals surface area (Å²) in [6.07, 6.45) is 6.00. The molecule has 1 aliphatic rings. The monoisotopic (exact) mass is 302 g/mol. The highest BCUT2D eigenvalue weighted by Crippen LogP contribution is 2.21. The van der Waals surface area contributed by atoms with Crippen LogP contribution in [0.25, 0.3) is 0 Å². The Balaban J connectivity index is 0.000000433. The van der Waals surface area contributed by atoms with Crippen LogP contribution in [0.5, 0.6) is 0 Å². The van der Waals surface area contributed by atoms with E-state index >= 15 is 0 Å². The van der Waals surface area contributed by atoms with Crippen molar-refractivity contribution in [2.75, 3.05) is 6.61 Å². The van der Waals surface area contributed by atoms with Crippen LogP contribution in [0.2, 0.25) is 0 Å². The van der Waals surface area contributed by atoms with E-state index in [2.05, 4.69) is 4.74 Å². The number of carbonyl (C=O) groups excluding carboxylic acids is 2. The molecule has 5 nitrogen and oxygen atoms in total. The van der Waals surface area contributed by atoms with E-state index in [-0.39, 0.29) is 18.0 Å². The average molecular weight is 302 g/mol. The maximum atomic E-state index is 11.4. The van der Waals surface area contributed by atoms with E-state index in [9.17, 15) is 9.59 Å². The Morgan fingerprint density at radius 1 is 1.10 bits per heavy atom. The zero-order chi connectivity index (χ0) is 16.3. The van der Waals surface area contributed by atoms with Crippen LogP contribution in [0, 0.1) is 5.92 Å². The molecule has 0 saturated heterocycles. The van der Waals surface area contributed by atoms with Gasteiger partial charge < -0.3 is 14.6 Å². The molecular weight excluding hydrogens is 272 g/mol. The largest absolute Gasteiger partial charge is 0.464 e. The van der Waals surface area contributed by atoms with E-state index in [0.717, 1.165) is 19.3 Å². The van der Waals surface area contributed by atoms with Gasteiger partial charge in [-0.05, 0) is 46.0 Å². The molecule has 1 fully saturated rings. The van der Waals surface area contributed by atoms with Gasteiger partial charge in [0.05, 0.1) is 12.5 Å². The third-order valence-corrected chi connectivity index (χ3v) is 3.48. The molecule has 1 saturated carbocycles. The minimum atomic E-state index is -0.991. The third kappa shape index (κ3) is 9.45. The molecular formula is C16H30O5. The van der Waals surface area contributed by atoms with Gasteiger partial charge in [0.25, 0.3) is 0 Å². The van der Waals surface area contributed by atoms with Crippen molar-refractivity contribution in [3.63, 3.8) is 0 Å². The first-order valence-electron chi connectivity index (χ1n) is 7.97. The maximum Gasteiger partial charge on any atom is 0.334 e. The molecule has 0 radical (unpaired) electrons. The predicted molar refractivity (Wildman–Crippen MR) is 80.7 cm³/mol. The van der Waals surface area contributed by atoms with Crippen molar-refractivity contribution in [3.05, 3.63) is 0 Å². The van der Waals surface area contributed by atoms with E-state index in [4.69, 9.17) is 9.84 Å². The fourth-order valence-electron chi connectivity index (χ4n) is 1.89. The number of hydrogen-bond donors (Lipinski definition) is 1. The molecule has 0 heterocycles. The van der Waals surface area contributed by atoms with Crippen LogP contribution in [-0.4, -0.2) is 35.9 Å². The van der Waals surface area contributed by atoms with Gasteiger partial charge in [-0.2, -0.15) is 0 Å². The van der Waals surface area contributed by atoms with E-state index < -0.39 is 12.1 Å². The topological polar surface area (TPSA) is 72.8 Å². The van der Waals surface area contributed by atoms with E-state index in [0.29, 0.717) is 6.61 Å². The lowest BCUT2D eigenvalue weighted by atomic mass is 9.97. The zero-order valence-corrected chi connectivity index (χ0v) is 13.8. The van der Waals surface area contributed by atoms with Crippen molar-refractivity contribution in [2.45, 2.75) is 78.4 Å². The Morgan fingerprint density at radius 3 is 2.05 bits per heavy atom. The molecule has 1 rings (SSSR count). The highest BCUT2D eigenvalue weighted by atomic mass is 16.5. The Bertz CT molecular complexity index is 295. The lowest BCUT2D eigenvalue weighted by molar-refractivity contribution is -0.155. The summed E-state index contributed by atoms with van der Waals surface area (Å²) in [5, 5.41) is 8.48. The molecule has 0 aromatic carbocycles. The molecule has 1 N–H and O–H groups in total. The second-order valence-electron chi connectivity index (χ2n) is 5.43. The summed E-state index contributed by atoms with van der Waals surface area (Å²) >= 11 is 0. The fraction of sp³-hybridized carbons (Fsp3) is 0.875. The third-order valence-electron chi connectivity index (χ3n) is 3.48. The summed E-state index contributed by atoms with van der Waals surface area (Å²) in [5.41, 5.74) is 0. The normalized spacial score (nSPS) is 18.0. The number of esters is 2. The molecule has 2 unspecified atom stereocenters. The first kappa shape index (κ1) is 19.9. The number of hydrogen-bond acceptors (Lipinski definition) is 5. The fourth-order valence-corrected chi connectivity index (χ4v) is 1.89. The van der Waals surface area contributed by atoms with Crippen LogP contribution >= 0.6 is 0 Å². The molecule has 0 aliphatic heterocycles. The van der Waals surface area contributed by atoms with Gasteiger partial charge in [-0.15, -0.1) is 0 Å². The van der Waals surface area contributed by atoms with Crippen molar-refractivity contribution in [3.8, 4) is 0 Å². The summed E-state index contributed by atoms with van der Waals surface area (Å²) in [6, 6.07) is 0. The van der Waals surface area contributed by atoms with Gasteiger partial charge in [0.2, 0.25) is 0 Å². The summed E-state index contributed by atoms with van der Waals surface area (Å²) in [7, 11) is 0. The summed E-state index contributed by atoms with van der Waals surface area (Å²) in [4.78, 5) is 21.7. The van der Waals surface area contributed by atoms with Crippen LogP contribution < -0.4 is 0 Å². The smallest absolute Gasteiger partial charge is 0.334 e. The summed E-state index contributed by atoms with van der Waals surface area (Å²) < 4.78 is 9.82. The quantitative estimate of drug-likeness (QED) is 0.791. The standard InChI is InChI=1S/C11H20O2.C5H10O3/c1-3-9(2)11(12)13-10-7-5-4-6-8-10;1-3-8-5(7)4(2)6/h9-10H,3-8H2,1-2H3;4,6H,3H2,1-2H3. The van der Waals surface area contributed by atoms with Gasteiger partial charge in [-0.3, -0.25) is 4.79 Å². The molecule has 5 heteroatoms. The first-order chi connectivity index (χ1) is 9.92. The molecule has 0 amide bonds. The summed E-state index contributed by atoms with van der Waals surface area (Å²) in [5.74, 6) is -0.496. The second-order valence-corrected chi connectivity index (χ2v) is 5.43. The van der Waals surface area contributed by atoms with Gasteiger partial charge in [-0.1, -0.05) is 20.3 Å². The zero-order valence-electron chi connectivity index (χ0n) is 13.8. The lowest BCUT2D eigenvalue weighted by Crippen LogP contribution is -2.24. The van der Waals surface area contributed by atoms with Crippen LogP contribution in [0.1, 0.15) is 66.2 Å². The molecule has 0 aromatic heterocycles. The van der Waals surface area contributed by atoms with Crippen LogP contribution in [-0.2, 0) is 19.1 Å². The Kier molecular flexibility index (Phi) is 10.9. The molecule has 1 aliphatic carbocycles. The van der Waals surface area contributed by atoms with E-state index in [1.807, 2.05) is 13.8 Å². The van der Waals surface area contributed by atoms with Gasteiger partial charge >= 0.3 is 11.9 Å². The molecule has 0 spiro atoms. The summed E-state index contributed by atoms with van der Waals surface area (Å²) in [6.45, 7) is 7.35. The first-order valence-corrected chi connectivity index (χ1v) is 7.97. The number of aliphatic hydroxyl groups is 1. The van der Waals surface area contributed by atoms with Crippen LogP contribution in [0.4, 0.5) is 0 Å². The average Bonchev–Trinajstić information content (AvgIpc) is 2.48. The number of rotatable bonds is 5. The van der Waals surface area contributed by atoms with Crippen molar-refractivity contribution in [1.29, 1.82) is 0 Å². The number of ether oxygens (including phenoxy) is 2. The SMILES string of the molecule is CCC(C)C(=O)OC1CCCCC1.CCOC(=O)C(C)O. The molecule has 124 valence electrons. The molecule has 0 aromatic rings. The Morgan fingerprint density at radius 2 is 1.67 bits per heavy atom. The lowest BCUT2D eigenvalue weighted by Gasteiger charge is -2.23. The van der Waals surface area contributed by atoms with Crippen LogP contribution in [0.3, 0.4) is 0 Å². The predicted octanol–water partition coefficient (Wildman–Crippen LogP) is 2.84. The van der Waals surface area contributed by atoms with Gasteiger partial charge in [0, 0.05) is 0 Å². The molecule has 0 bridgehead atoms. The molecule has 21 heavy (non-hydrogen) atoms. The number of aliphatic hydroxyl groups excluding tert-OH is 1. The Labute approximate surface area is 128 Å². The van der Waals surface area contributed by atoms with E-state index in [1.54, 1.807) is 6.92 Å². The van der Waals surface area contributed by atoms with Gasteiger partial charge in [0.1, 0.15) is 12.2 Å². The van der Waals surface area contributed by atoms with Crippen molar-refractivity contribution >= 4 is 11.9 Å². The van der Waals surface area contributed by atoms with Crippen molar-refractivity contribution < 1.29 is 24.2 Å². The molecule has 2 atom stereocenters. The second kappa shape index (κ2) is 11.5. The van der Waals surface area contributed by atoms with Gasteiger partial charge in [-0.25, -0.2) is 4.79 Å². The minimum Gasteiger partial charge on any atom is -0.464 e. The van der Waals surface area contributed by atoms with Crippen LogP contribution in [0.15, 0.2) is 0 Å².